The van der Waals surface area contributed by atoms with E-state index in [1.54, 1.807) is 6.08 Å². The molecular formula is C15H17NO3S2. The van der Waals surface area contributed by atoms with Gasteiger partial charge in [-0.1, -0.05) is 60.8 Å². The molecule has 0 aliphatic carbocycles. The van der Waals surface area contributed by atoms with Crippen molar-refractivity contribution in [1.29, 1.82) is 0 Å². The third kappa shape index (κ3) is 5.34. The first-order valence-corrected chi connectivity index (χ1v) is 7.12. The number of benzene rings is 1. The third-order valence-corrected chi connectivity index (χ3v) is 3.89. The van der Waals surface area contributed by atoms with Gasteiger partial charge in [0, 0.05) is 17.2 Å². The summed E-state index contributed by atoms with van der Waals surface area (Å²) in [6.45, 7) is 3.52. The Bertz CT molecular complexity index is 531. The molecule has 3 N–H and O–H groups in total. The molecule has 0 heterocycles. The lowest BCUT2D eigenvalue weighted by molar-refractivity contribution is 0.120. The van der Waals surface area contributed by atoms with Gasteiger partial charge in [0.25, 0.3) is 0 Å². The molecule has 21 heavy (non-hydrogen) atoms. The van der Waals surface area contributed by atoms with Gasteiger partial charge in [-0.2, -0.15) is 0 Å². The lowest BCUT2D eigenvalue weighted by Gasteiger charge is -2.23. The maximum atomic E-state index is 10.8. The SMILES string of the molecule is C=CCC(=S)C(=S)C(O)C(COC(N)=O)c1ccccc1. The largest absolute Gasteiger partial charge is 0.449 e. The highest BCUT2D eigenvalue weighted by molar-refractivity contribution is 7.89. The molecule has 1 aromatic rings. The predicted molar refractivity (Wildman–Crippen MR) is 90.7 cm³/mol. The summed E-state index contributed by atoms with van der Waals surface area (Å²) in [5, 5.41) is 10.4. The molecule has 0 aliphatic heterocycles. The summed E-state index contributed by atoms with van der Waals surface area (Å²) in [7, 11) is 0. The summed E-state index contributed by atoms with van der Waals surface area (Å²) in [6.07, 6.45) is 0.110. The van der Waals surface area contributed by atoms with Crippen LogP contribution >= 0.6 is 24.4 Å². The zero-order valence-corrected chi connectivity index (χ0v) is 13.0. The van der Waals surface area contributed by atoms with Crippen molar-refractivity contribution in [2.45, 2.75) is 18.4 Å². The zero-order chi connectivity index (χ0) is 15.8. The average Bonchev–Trinajstić information content (AvgIpc) is 2.47. The van der Waals surface area contributed by atoms with Gasteiger partial charge < -0.3 is 15.6 Å². The molecule has 0 aromatic heterocycles. The number of carbonyl (C=O) groups excluding carboxylic acids is 1. The molecule has 2 atom stereocenters. The second-order valence-corrected chi connectivity index (χ2v) is 5.30. The molecule has 1 aromatic carbocycles. The number of thiocarbonyl (C=S) groups is 2. The van der Waals surface area contributed by atoms with E-state index < -0.39 is 18.1 Å². The molecule has 1 amide bonds. The molecule has 0 spiro atoms. The van der Waals surface area contributed by atoms with Gasteiger partial charge in [-0.3, -0.25) is 0 Å². The van der Waals surface area contributed by atoms with E-state index in [-0.39, 0.29) is 11.5 Å². The first-order valence-electron chi connectivity index (χ1n) is 6.30. The van der Waals surface area contributed by atoms with E-state index in [0.717, 1.165) is 5.56 Å². The maximum Gasteiger partial charge on any atom is 0.404 e. The highest BCUT2D eigenvalue weighted by Crippen LogP contribution is 2.22. The molecule has 6 heteroatoms. The topological polar surface area (TPSA) is 72.6 Å². The van der Waals surface area contributed by atoms with Crippen LogP contribution in [-0.2, 0) is 4.74 Å². The van der Waals surface area contributed by atoms with Gasteiger partial charge >= 0.3 is 6.09 Å². The summed E-state index contributed by atoms with van der Waals surface area (Å²) >= 11 is 10.4. The number of amides is 1. The van der Waals surface area contributed by atoms with Crippen LogP contribution in [0.15, 0.2) is 43.0 Å². The molecule has 0 saturated heterocycles. The Labute approximate surface area is 134 Å². The van der Waals surface area contributed by atoms with E-state index in [1.165, 1.54) is 0 Å². The molecule has 1 rings (SSSR count). The fourth-order valence-electron chi connectivity index (χ4n) is 1.82. The van der Waals surface area contributed by atoms with Gasteiger partial charge in [-0.15, -0.1) is 6.58 Å². The predicted octanol–water partition coefficient (Wildman–Crippen LogP) is 2.54. The number of ether oxygens (including phenoxy) is 1. The number of hydrogen-bond donors (Lipinski definition) is 2. The molecule has 0 fully saturated rings. The first-order chi connectivity index (χ1) is 9.97. The van der Waals surface area contributed by atoms with Gasteiger partial charge in [0.15, 0.2) is 0 Å². The quantitative estimate of drug-likeness (QED) is 0.568. The van der Waals surface area contributed by atoms with Crippen LogP contribution in [0.25, 0.3) is 0 Å². The van der Waals surface area contributed by atoms with Gasteiger partial charge in [0.05, 0.1) is 4.86 Å². The summed E-state index contributed by atoms with van der Waals surface area (Å²) in [6, 6.07) is 9.13. The van der Waals surface area contributed by atoms with Crippen molar-refractivity contribution in [1.82, 2.24) is 0 Å². The van der Waals surface area contributed by atoms with Crippen LogP contribution in [0.2, 0.25) is 0 Å². The fraction of sp³-hybridized carbons (Fsp3) is 0.267. The van der Waals surface area contributed by atoms with Crippen LogP contribution in [0.3, 0.4) is 0 Å². The minimum absolute atomic E-state index is 0.0721. The van der Waals surface area contributed by atoms with Gasteiger partial charge in [0.2, 0.25) is 0 Å². The van der Waals surface area contributed by atoms with Crippen LogP contribution in [0.1, 0.15) is 17.9 Å². The van der Waals surface area contributed by atoms with Gasteiger partial charge in [0.1, 0.15) is 12.7 Å². The number of aliphatic hydroxyl groups is 1. The van der Waals surface area contributed by atoms with Crippen molar-refractivity contribution >= 4 is 40.3 Å². The summed E-state index contributed by atoms with van der Waals surface area (Å²) in [4.78, 5) is 11.5. The summed E-state index contributed by atoms with van der Waals surface area (Å²) in [5.41, 5.74) is 5.77. The zero-order valence-electron chi connectivity index (χ0n) is 11.4. The Balaban J connectivity index is 2.94. The number of hydrogen-bond acceptors (Lipinski definition) is 5. The van der Waals surface area contributed by atoms with Crippen LogP contribution in [0, 0.1) is 0 Å². The molecule has 2 unspecified atom stereocenters. The standard InChI is InChI=1S/C15H17NO3S2/c1-2-6-12(20)14(21)13(17)11(9-19-15(16)18)10-7-4-3-5-8-10/h2-5,7-8,11,13,17H,1,6,9H2,(H2,16,18). The molecule has 0 radical (unpaired) electrons. The Morgan fingerprint density at radius 3 is 2.52 bits per heavy atom. The maximum absolute atomic E-state index is 10.8. The Hall–Kier alpha value is -1.63. The van der Waals surface area contributed by atoms with Crippen LogP contribution in [0.5, 0.6) is 0 Å². The van der Waals surface area contributed by atoms with E-state index in [1.807, 2.05) is 30.3 Å². The van der Waals surface area contributed by atoms with E-state index in [9.17, 15) is 9.90 Å². The number of rotatable bonds is 8. The Morgan fingerprint density at radius 2 is 2.00 bits per heavy atom. The second kappa shape index (κ2) is 8.61. The monoisotopic (exact) mass is 323 g/mol. The Morgan fingerprint density at radius 1 is 1.38 bits per heavy atom. The third-order valence-electron chi connectivity index (χ3n) is 2.89. The van der Waals surface area contributed by atoms with Crippen molar-refractivity contribution < 1.29 is 14.6 Å². The minimum atomic E-state index is -1.03. The lowest BCUT2D eigenvalue weighted by atomic mass is 9.91. The lowest BCUT2D eigenvalue weighted by Crippen LogP contribution is -2.34. The van der Waals surface area contributed by atoms with Crippen molar-refractivity contribution in [3.63, 3.8) is 0 Å². The van der Waals surface area contributed by atoms with Crippen molar-refractivity contribution in [3.05, 3.63) is 48.6 Å². The van der Waals surface area contributed by atoms with Crippen molar-refractivity contribution in [2.24, 2.45) is 5.73 Å². The Kier molecular flexibility index (Phi) is 7.14. The van der Waals surface area contributed by atoms with Gasteiger partial charge in [-0.05, 0) is 5.56 Å². The molecule has 0 saturated carbocycles. The fourth-order valence-corrected chi connectivity index (χ4v) is 2.31. The van der Waals surface area contributed by atoms with Crippen LogP contribution < -0.4 is 5.73 Å². The van der Waals surface area contributed by atoms with E-state index in [2.05, 4.69) is 6.58 Å². The van der Waals surface area contributed by atoms with Crippen molar-refractivity contribution in [2.75, 3.05) is 6.61 Å². The molecule has 0 aliphatic rings. The summed E-state index contributed by atoms with van der Waals surface area (Å²) < 4.78 is 4.83. The van der Waals surface area contributed by atoms with Gasteiger partial charge in [-0.25, -0.2) is 4.79 Å². The second-order valence-electron chi connectivity index (χ2n) is 4.37. The number of aliphatic hydroxyl groups excluding tert-OH is 1. The normalized spacial score (nSPS) is 13.0. The number of primary amides is 1. The molecule has 0 bridgehead atoms. The smallest absolute Gasteiger partial charge is 0.404 e. The first kappa shape index (κ1) is 17.4. The highest BCUT2D eigenvalue weighted by atomic mass is 32.1. The van der Waals surface area contributed by atoms with Crippen LogP contribution in [0.4, 0.5) is 4.79 Å². The average molecular weight is 323 g/mol. The number of carbonyl (C=O) groups is 1. The molecular weight excluding hydrogens is 306 g/mol. The van der Waals surface area contributed by atoms with Crippen LogP contribution in [-0.4, -0.2) is 33.6 Å². The van der Waals surface area contributed by atoms with E-state index >= 15 is 0 Å². The van der Waals surface area contributed by atoms with Crippen molar-refractivity contribution in [3.8, 4) is 0 Å². The summed E-state index contributed by atoms with van der Waals surface area (Å²) in [5.74, 6) is -0.519. The minimum Gasteiger partial charge on any atom is -0.449 e. The van der Waals surface area contributed by atoms with E-state index in [0.29, 0.717) is 11.3 Å². The number of allylic oxidation sites excluding steroid dienone is 1. The number of nitrogens with two attached hydrogens (primary N) is 1. The van der Waals surface area contributed by atoms with E-state index in [4.69, 9.17) is 34.9 Å². The molecule has 112 valence electrons. The highest BCUT2D eigenvalue weighted by Gasteiger charge is 2.27. The molecule has 4 nitrogen and oxygen atoms in total.